The average Bonchev–Trinajstić information content (AvgIpc) is 2.60. The van der Waals surface area contributed by atoms with Crippen molar-refractivity contribution in [2.75, 3.05) is 39.8 Å². The van der Waals surface area contributed by atoms with E-state index in [0.29, 0.717) is 45.9 Å². The molecule has 0 atom stereocenters. The van der Waals surface area contributed by atoms with Crippen LogP contribution >= 0.6 is 0 Å². The molecule has 0 saturated carbocycles. The normalized spacial score (nSPS) is 15.2. The fourth-order valence-electron chi connectivity index (χ4n) is 2.97. The van der Waals surface area contributed by atoms with E-state index in [1.165, 1.54) is 0 Å². The minimum Gasteiger partial charge on any atom is -0.380 e. The second-order valence-electron chi connectivity index (χ2n) is 6.90. The smallest absolute Gasteiger partial charge is 0.317 e. The highest BCUT2D eigenvalue weighted by atomic mass is 16.5. The fourth-order valence-corrected chi connectivity index (χ4v) is 2.97. The number of hydrogen-bond acceptors (Lipinski definition) is 4. The van der Waals surface area contributed by atoms with Gasteiger partial charge in [0.05, 0.1) is 13.2 Å². The van der Waals surface area contributed by atoms with E-state index in [0.717, 1.165) is 11.1 Å². The Balaban J connectivity index is 1.73. The van der Waals surface area contributed by atoms with Crippen LogP contribution in [0, 0.1) is 0 Å². The Morgan fingerprint density at radius 2 is 1.85 bits per heavy atom. The number of amides is 3. The maximum Gasteiger partial charge on any atom is 0.317 e. The Morgan fingerprint density at radius 1 is 1.15 bits per heavy atom. The van der Waals surface area contributed by atoms with Gasteiger partial charge in [-0.1, -0.05) is 24.3 Å². The SMILES string of the molecule is COCc1cccc(CNC(=O)N2CCN(CC(=O)NC(C)C)CC2)c1. The molecule has 1 aromatic carbocycles. The van der Waals surface area contributed by atoms with Gasteiger partial charge in [0.15, 0.2) is 0 Å². The highest BCUT2D eigenvalue weighted by Gasteiger charge is 2.22. The number of benzene rings is 1. The van der Waals surface area contributed by atoms with Gasteiger partial charge in [-0.25, -0.2) is 4.79 Å². The van der Waals surface area contributed by atoms with Crippen molar-refractivity contribution in [2.45, 2.75) is 33.0 Å². The van der Waals surface area contributed by atoms with Gasteiger partial charge in [0.2, 0.25) is 5.91 Å². The van der Waals surface area contributed by atoms with E-state index in [2.05, 4.69) is 15.5 Å². The van der Waals surface area contributed by atoms with E-state index in [-0.39, 0.29) is 18.0 Å². The Bertz CT molecular complexity index is 598. The number of carbonyl (C=O) groups excluding carboxylic acids is 2. The van der Waals surface area contributed by atoms with Crippen LogP contribution in [-0.4, -0.2) is 67.6 Å². The third-order valence-electron chi connectivity index (χ3n) is 4.22. The number of piperazine rings is 1. The molecule has 0 spiro atoms. The number of methoxy groups -OCH3 is 1. The lowest BCUT2D eigenvalue weighted by Gasteiger charge is -2.34. The van der Waals surface area contributed by atoms with Crippen LogP contribution in [0.3, 0.4) is 0 Å². The van der Waals surface area contributed by atoms with Gasteiger partial charge in [-0.2, -0.15) is 0 Å². The Hall–Kier alpha value is -2.12. The standard InChI is InChI=1S/C19H30N4O3/c1-15(2)21-18(24)13-22-7-9-23(10-8-22)19(25)20-12-16-5-4-6-17(11-16)14-26-3/h4-6,11,15H,7-10,12-14H2,1-3H3,(H,20,25)(H,21,24). The zero-order valence-corrected chi connectivity index (χ0v) is 16.0. The number of ether oxygens (including phenoxy) is 1. The van der Waals surface area contributed by atoms with Crippen LogP contribution in [0.25, 0.3) is 0 Å². The molecule has 1 heterocycles. The number of rotatable bonds is 7. The molecule has 0 bridgehead atoms. The summed E-state index contributed by atoms with van der Waals surface area (Å²) in [6.07, 6.45) is 0. The van der Waals surface area contributed by atoms with Crippen molar-refractivity contribution in [3.8, 4) is 0 Å². The summed E-state index contributed by atoms with van der Waals surface area (Å²) in [5.74, 6) is 0.0360. The topological polar surface area (TPSA) is 73.9 Å². The maximum absolute atomic E-state index is 12.3. The second-order valence-corrected chi connectivity index (χ2v) is 6.90. The van der Waals surface area contributed by atoms with Crippen molar-refractivity contribution < 1.29 is 14.3 Å². The predicted octanol–water partition coefficient (Wildman–Crippen LogP) is 1.18. The van der Waals surface area contributed by atoms with Gasteiger partial charge >= 0.3 is 6.03 Å². The predicted molar refractivity (Wildman–Crippen MR) is 101 cm³/mol. The number of carbonyl (C=O) groups is 2. The Labute approximate surface area is 155 Å². The summed E-state index contributed by atoms with van der Waals surface area (Å²) in [7, 11) is 1.67. The molecule has 1 aromatic rings. The molecule has 1 fully saturated rings. The van der Waals surface area contributed by atoms with E-state index in [1.807, 2.05) is 38.1 Å². The second kappa shape index (κ2) is 10.1. The lowest BCUT2D eigenvalue weighted by atomic mass is 10.1. The summed E-state index contributed by atoms with van der Waals surface area (Å²) in [6, 6.07) is 8.09. The largest absolute Gasteiger partial charge is 0.380 e. The average molecular weight is 362 g/mol. The number of nitrogens with one attached hydrogen (secondary N) is 2. The van der Waals surface area contributed by atoms with E-state index in [9.17, 15) is 9.59 Å². The zero-order valence-electron chi connectivity index (χ0n) is 16.0. The molecule has 1 aliphatic rings. The summed E-state index contributed by atoms with van der Waals surface area (Å²) in [5, 5.41) is 5.86. The van der Waals surface area contributed by atoms with Gasteiger partial charge in [-0.15, -0.1) is 0 Å². The van der Waals surface area contributed by atoms with Crippen LogP contribution in [-0.2, 0) is 22.7 Å². The molecule has 3 amide bonds. The maximum atomic E-state index is 12.3. The number of urea groups is 1. The molecule has 7 nitrogen and oxygen atoms in total. The quantitative estimate of drug-likeness (QED) is 0.764. The van der Waals surface area contributed by atoms with Crippen LogP contribution < -0.4 is 10.6 Å². The summed E-state index contributed by atoms with van der Waals surface area (Å²) in [6.45, 7) is 8.03. The molecule has 7 heteroatoms. The van der Waals surface area contributed by atoms with Crippen LogP contribution in [0.1, 0.15) is 25.0 Å². The lowest BCUT2D eigenvalue weighted by molar-refractivity contribution is -0.123. The van der Waals surface area contributed by atoms with Crippen LogP contribution in [0.5, 0.6) is 0 Å². The van der Waals surface area contributed by atoms with Crippen LogP contribution in [0.15, 0.2) is 24.3 Å². The molecule has 144 valence electrons. The van der Waals surface area contributed by atoms with Crippen molar-refractivity contribution in [3.05, 3.63) is 35.4 Å². The lowest BCUT2D eigenvalue weighted by Crippen LogP contribution is -2.53. The highest BCUT2D eigenvalue weighted by molar-refractivity contribution is 5.78. The van der Waals surface area contributed by atoms with Crippen molar-refractivity contribution in [1.29, 1.82) is 0 Å². The van der Waals surface area contributed by atoms with Gasteiger partial charge in [-0.3, -0.25) is 9.69 Å². The van der Waals surface area contributed by atoms with Gasteiger partial charge in [0.25, 0.3) is 0 Å². The minimum atomic E-state index is -0.0616. The monoisotopic (exact) mass is 362 g/mol. The van der Waals surface area contributed by atoms with Crippen molar-refractivity contribution >= 4 is 11.9 Å². The van der Waals surface area contributed by atoms with Crippen LogP contribution in [0.2, 0.25) is 0 Å². The first kappa shape index (κ1) is 20.2. The molecule has 2 N–H and O–H groups in total. The number of nitrogens with zero attached hydrogens (tertiary/aromatic N) is 2. The summed E-state index contributed by atoms with van der Waals surface area (Å²) in [4.78, 5) is 28.0. The fraction of sp³-hybridized carbons (Fsp3) is 0.579. The van der Waals surface area contributed by atoms with E-state index in [1.54, 1.807) is 12.0 Å². The van der Waals surface area contributed by atoms with E-state index < -0.39 is 0 Å². The highest BCUT2D eigenvalue weighted by Crippen LogP contribution is 2.07. The van der Waals surface area contributed by atoms with Gasteiger partial charge < -0.3 is 20.3 Å². The molecular formula is C19H30N4O3. The molecule has 0 unspecified atom stereocenters. The van der Waals surface area contributed by atoms with Crippen molar-refractivity contribution in [3.63, 3.8) is 0 Å². The first-order valence-electron chi connectivity index (χ1n) is 9.09. The van der Waals surface area contributed by atoms with E-state index in [4.69, 9.17) is 4.74 Å². The minimum absolute atomic E-state index is 0.0360. The number of hydrogen-bond donors (Lipinski definition) is 2. The van der Waals surface area contributed by atoms with Gasteiger partial charge in [-0.05, 0) is 25.0 Å². The third-order valence-corrected chi connectivity index (χ3v) is 4.22. The molecule has 26 heavy (non-hydrogen) atoms. The summed E-state index contributed by atoms with van der Waals surface area (Å²) < 4.78 is 5.13. The molecular weight excluding hydrogens is 332 g/mol. The van der Waals surface area contributed by atoms with Gasteiger partial charge in [0, 0.05) is 45.9 Å². The molecule has 1 aliphatic heterocycles. The van der Waals surface area contributed by atoms with E-state index >= 15 is 0 Å². The Kier molecular flexibility index (Phi) is 7.87. The third kappa shape index (κ3) is 6.65. The van der Waals surface area contributed by atoms with Gasteiger partial charge in [0.1, 0.15) is 0 Å². The summed E-state index contributed by atoms with van der Waals surface area (Å²) in [5.41, 5.74) is 2.14. The molecule has 1 saturated heterocycles. The first-order chi connectivity index (χ1) is 12.5. The van der Waals surface area contributed by atoms with Crippen molar-refractivity contribution in [2.24, 2.45) is 0 Å². The first-order valence-corrected chi connectivity index (χ1v) is 9.09. The molecule has 0 aliphatic carbocycles. The van der Waals surface area contributed by atoms with Crippen LogP contribution in [0.4, 0.5) is 4.79 Å². The Morgan fingerprint density at radius 3 is 2.50 bits per heavy atom. The zero-order chi connectivity index (χ0) is 18.9. The van der Waals surface area contributed by atoms with Crippen molar-refractivity contribution in [1.82, 2.24) is 20.4 Å². The summed E-state index contributed by atoms with van der Waals surface area (Å²) >= 11 is 0. The molecule has 0 aromatic heterocycles. The molecule has 0 radical (unpaired) electrons. The molecule has 2 rings (SSSR count).